The summed E-state index contributed by atoms with van der Waals surface area (Å²) in [5, 5.41) is 9.38. The van der Waals surface area contributed by atoms with Crippen LogP contribution in [0, 0.1) is 5.92 Å². The van der Waals surface area contributed by atoms with E-state index in [1.807, 2.05) is 29.8 Å². The fraction of sp³-hybridized carbons (Fsp3) is 0.591. The molecule has 1 aliphatic rings. The summed E-state index contributed by atoms with van der Waals surface area (Å²) in [7, 11) is -2.77. The van der Waals surface area contributed by atoms with Crippen molar-refractivity contribution in [1.29, 1.82) is 0 Å². The molecule has 0 bridgehead atoms. The molecule has 0 aliphatic heterocycles. The van der Waals surface area contributed by atoms with Gasteiger partial charge in [0.25, 0.3) is 0 Å². The molecule has 0 amide bonds. The highest BCUT2D eigenvalue weighted by molar-refractivity contribution is 6.76. The number of halogens is 1. The van der Waals surface area contributed by atoms with E-state index in [1.54, 1.807) is 30.2 Å². The molecule has 1 aliphatic carbocycles. The summed E-state index contributed by atoms with van der Waals surface area (Å²) < 4.78 is 48.1. The van der Waals surface area contributed by atoms with E-state index in [9.17, 15) is 9.59 Å². The van der Waals surface area contributed by atoms with Crippen LogP contribution in [0.5, 0.6) is 0 Å². The molecule has 4 heterocycles. The second kappa shape index (κ2) is 21.6. The first-order valence-electron chi connectivity index (χ1n) is 21.6. The Bertz CT molecular complexity index is 2050. The number of nitrogens with zero attached hydrogens (tertiary/aromatic N) is 7. The molecule has 4 aromatic heterocycles. The molecule has 5 rings (SSSR count). The van der Waals surface area contributed by atoms with Gasteiger partial charge in [0, 0.05) is 77.2 Å². The number of carbonyl (C=O) groups is 2. The molecule has 334 valence electrons. The lowest BCUT2D eigenvalue weighted by Gasteiger charge is -2.33. The lowest BCUT2D eigenvalue weighted by atomic mass is 9.77. The lowest BCUT2D eigenvalue weighted by molar-refractivity contribution is -0.151. The Morgan fingerprint density at radius 3 is 2.10 bits per heavy atom. The van der Waals surface area contributed by atoms with Crippen LogP contribution < -0.4 is 4.90 Å². The van der Waals surface area contributed by atoms with Crippen LogP contribution in [0.2, 0.25) is 51.4 Å². The molecular formula is C44H66FN7O7Si2. The third-order valence-electron chi connectivity index (χ3n) is 10.7. The topological polar surface area (TPSA) is 144 Å². The number of rotatable bonds is 23. The number of hydrogen-bond donors (Lipinski definition) is 0. The van der Waals surface area contributed by atoms with Crippen LogP contribution in [-0.4, -0.2) is 110 Å². The fourth-order valence-electron chi connectivity index (χ4n) is 7.29. The Morgan fingerprint density at radius 2 is 1.52 bits per heavy atom. The molecular weight excluding hydrogens is 814 g/mol. The summed E-state index contributed by atoms with van der Waals surface area (Å²) in [4.78, 5) is 35.9. The van der Waals surface area contributed by atoms with E-state index in [0.29, 0.717) is 74.8 Å². The van der Waals surface area contributed by atoms with Crippen LogP contribution in [0.1, 0.15) is 63.6 Å². The summed E-state index contributed by atoms with van der Waals surface area (Å²) in [6, 6.07) is 5.92. The minimum Gasteiger partial charge on any atom is -0.494 e. The van der Waals surface area contributed by atoms with Gasteiger partial charge in [-0.25, -0.2) is 14.2 Å². The molecule has 1 atom stereocenters. The summed E-state index contributed by atoms with van der Waals surface area (Å²) in [5.74, 6) is -0.528. The first kappa shape index (κ1) is 47.6. The van der Waals surface area contributed by atoms with E-state index >= 15 is 4.39 Å². The molecule has 1 fully saturated rings. The number of hydrogen-bond acceptors (Lipinski definition) is 12. The van der Waals surface area contributed by atoms with Crippen molar-refractivity contribution < 1.29 is 37.7 Å². The Balaban J connectivity index is 1.60. The highest BCUT2D eigenvalue weighted by atomic mass is 28.3. The van der Waals surface area contributed by atoms with Crippen LogP contribution in [-0.2, 0) is 39.8 Å². The van der Waals surface area contributed by atoms with Gasteiger partial charge in [-0.3, -0.25) is 14.5 Å². The van der Waals surface area contributed by atoms with Crippen molar-refractivity contribution in [3.63, 3.8) is 0 Å². The number of esters is 2. The van der Waals surface area contributed by atoms with E-state index in [0.717, 1.165) is 40.2 Å². The minimum atomic E-state index is -1.67. The van der Waals surface area contributed by atoms with Gasteiger partial charge in [-0.05, 0) is 57.7 Å². The summed E-state index contributed by atoms with van der Waals surface area (Å²) in [6.07, 6.45) is 7.73. The van der Waals surface area contributed by atoms with E-state index in [-0.39, 0.29) is 38.6 Å². The Hall–Kier alpha value is -4.46. The van der Waals surface area contributed by atoms with E-state index in [2.05, 4.69) is 55.9 Å². The van der Waals surface area contributed by atoms with Gasteiger partial charge in [-0.15, -0.1) is 0 Å². The number of ether oxygens (including phenoxy) is 5. The van der Waals surface area contributed by atoms with Crippen LogP contribution in [0.15, 0.2) is 43.5 Å². The van der Waals surface area contributed by atoms with E-state index in [1.165, 1.54) is 6.92 Å². The van der Waals surface area contributed by atoms with Crippen molar-refractivity contribution in [3.8, 4) is 22.4 Å². The van der Waals surface area contributed by atoms with E-state index < -0.39 is 34.2 Å². The van der Waals surface area contributed by atoms with Gasteiger partial charge in [0.2, 0.25) is 0 Å². The molecule has 17 heteroatoms. The van der Waals surface area contributed by atoms with Crippen LogP contribution in [0.25, 0.3) is 33.8 Å². The maximum Gasteiger partial charge on any atom is 0.341 e. The van der Waals surface area contributed by atoms with Crippen molar-refractivity contribution >= 4 is 45.3 Å². The van der Waals surface area contributed by atoms with Crippen molar-refractivity contribution in [2.45, 2.75) is 116 Å². The number of carbonyl (C=O) groups excluding carboxylic acids is 2. The predicted molar refractivity (Wildman–Crippen MR) is 241 cm³/mol. The monoisotopic (exact) mass is 879 g/mol. The summed E-state index contributed by atoms with van der Waals surface area (Å²) in [5.41, 5.74) is 5.22. The lowest BCUT2D eigenvalue weighted by Crippen LogP contribution is -2.35. The molecule has 0 radical (unpaired) electrons. The molecule has 1 unspecified atom stereocenters. The molecule has 0 saturated heterocycles. The van der Waals surface area contributed by atoms with Gasteiger partial charge in [0.05, 0.1) is 49.1 Å². The van der Waals surface area contributed by atoms with Gasteiger partial charge < -0.3 is 28.6 Å². The van der Waals surface area contributed by atoms with Crippen molar-refractivity contribution in [2.75, 3.05) is 51.4 Å². The molecule has 61 heavy (non-hydrogen) atoms. The smallest absolute Gasteiger partial charge is 0.341 e. The minimum absolute atomic E-state index is 0.0929. The zero-order valence-corrected chi connectivity index (χ0v) is 39.7. The maximum absolute atomic E-state index is 15.3. The standard InChI is InChI=1S/C44H66FN7O7Si2/c1-11-57-31(3)39-41(34-15-13-33(14-16-34)40(45)44(54)58-12-2)49-42-37(35-17-18-38(46-25-35)36-26-47-51(28-36)19-20-59-32(4)53)27-48-52(42)43(39)50(29-55-21-23-60(5,6)7)30-56-22-24-61(8,9)10/h17-18,25-28,33-34,40H,3,11-16,19-24,29-30H2,1-2,4-10H3. The number of alkyl halides is 1. The number of anilines is 1. The van der Waals surface area contributed by atoms with Gasteiger partial charge in [0.1, 0.15) is 31.6 Å². The SMILES string of the molecule is C=C(OCC)c1c(C2CCC(C(F)C(=O)OCC)CC2)nc2c(-c3ccc(-c4cnn(CCOC(C)=O)c4)nc3)cnn2c1N(COCC[Si](C)(C)C)COCC[Si](C)(C)C. The summed E-state index contributed by atoms with van der Waals surface area (Å²) >= 11 is 0. The number of pyridine rings is 1. The zero-order valence-electron chi connectivity index (χ0n) is 37.7. The largest absolute Gasteiger partial charge is 0.494 e. The first-order chi connectivity index (χ1) is 29.0. The van der Waals surface area contributed by atoms with Crippen molar-refractivity contribution in [3.05, 3.63) is 54.8 Å². The van der Waals surface area contributed by atoms with Crippen LogP contribution in [0.4, 0.5) is 10.2 Å². The average molecular weight is 880 g/mol. The maximum atomic E-state index is 15.3. The number of fused-ring (bicyclic) bond motifs is 1. The van der Waals surface area contributed by atoms with Gasteiger partial charge in [0.15, 0.2) is 11.8 Å². The molecule has 0 aromatic carbocycles. The quantitative estimate of drug-likeness (QED) is 0.0231. The fourth-order valence-corrected chi connectivity index (χ4v) is 8.80. The van der Waals surface area contributed by atoms with Gasteiger partial charge in [-0.1, -0.05) is 51.9 Å². The second-order valence-electron chi connectivity index (χ2n) is 18.1. The normalized spacial score (nSPS) is 16.4. The Kier molecular flexibility index (Phi) is 16.8. The Labute approximate surface area is 362 Å². The summed E-state index contributed by atoms with van der Waals surface area (Å²) in [6.45, 7) is 26.3. The molecule has 1 saturated carbocycles. The Morgan fingerprint density at radius 1 is 0.869 bits per heavy atom. The van der Waals surface area contributed by atoms with Gasteiger partial charge in [-0.2, -0.15) is 14.7 Å². The first-order valence-corrected chi connectivity index (χ1v) is 29.0. The van der Waals surface area contributed by atoms with Crippen LogP contribution in [0.3, 0.4) is 0 Å². The van der Waals surface area contributed by atoms with Gasteiger partial charge >= 0.3 is 11.9 Å². The third-order valence-corrected chi connectivity index (χ3v) is 14.2. The second-order valence-corrected chi connectivity index (χ2v) is 29.4. The molecule has 14 nitrogen and oxygen atoms in total. The van der Waals surface area contributed by atoms with Crippen molar-refractivity contribution in [2.24, 2.45) is 5.92 Å². The molecule has 4 aromatic rings. The highest BCUT2D eigenvalue weighted by Gasteiger charge is 2.37. The van der Waals surface area contributed by atoms with E-state index in [4.69, 9.17) is 38.8 Å². The molecule has 0 spiro atoms. The number of aromatic nitrogens is 6. The van der Waals surface area contributed by atoms with Crippen LogP contribution >= 0.6 is 0 Å². The third kappa shape index (κ3) is 13.3. The zero-order chi connectivity index (χ0) is 44.3. The highest BCUT2D eigenvalue weighted by Crippen LogP contribution is 2.43. The average Bonchev–Trinajstić information content (AvgIpc) is 3.86. The molecule has 0 N–H and O–H groups in total. The predicted octanol–water partition coefficient (Wildman–Crippen LogP) is 8.83. The van der Waals surface area contributed by atoms with Crippen molar-refractivity contribution in [1.82, 2.24) is 29.4 Å².